The third-order valence-corrected chi connectivity index (χ3v) is 6.30. The molecule has 1 aliphatic heterocycles. The second kappa shape index (κ2) is 8.51. The second-order valence-electron chi connectivity index (χ2n) is 7.39. The molecule has 1 aliphatic rings. The van der Waals surface area contributed by atoms with Gasteiger partial charge in [0, 0.05) is 17.5 Å². The molecule has 0 aliphatic carbocycles. The minimum absolute atomic E-state index is 0.133. The Morgan fingerprint density at radius 2 is 1.88 bits per heavy atom. The van der Waals surface area contributed by atoms with Crippen LogP contribution in [0.2, 0.25) is 0 Å². The molecule has 0 saturated heterocycles. The molecule has 0 atom stereocenters. The average Bonchev–Trinajstić information content (AvgIpc) is 2.81. The van der Waals surface area contributed by atoms with Gasteiger partial charge in [-0.2, -0.15) is 4.98 Å². The molecule has 6 nitrogen and oxygen atoms in total. The maximum Gasteiger partial charge on any atom is 0.227 e. The van der Waals surface area contributed by atoms with Gasteiger partial charge in [0.1, 0.15) is 16.5 Å². The van der Waals surface area contributed by atoms with E-state index in [9.17, 15) is 4.79 Å². The van der Waals surface area contributed by atoms with Crippen molar-refractivity contribution in [3.8, 4) is 28.8 Å². The van der Waals surface area contributed by atoms with Crippen molar-refractivity contribution in [1.82, 2.24) is 9.97 Å². The largest absolute Gasteiger partial charge is 0.494 e. The fraction of sp³-hybridized carbons (Fsp3) is 0.160. The third kappa shape index (κ3) is 3.87. The summed E-state index contributed by atoms with van der Waals surface area (Å²) >= 11 is 1.31. The summed E-state index contributed by atoms with van der Waals surface area (Å²) in [7, 11) is 0. The zero-order chi connectivity index (χ0) is 22.1. The number of ether oxygens (including phenoxy) is 2. The Labute approximate surface area is 189 Å². The predicted octanol–water partition coefficient (Wildman–Crippen LogP) is 4.97. The summed E-state index contributed by atoms with van der Waals surface area (Å²) in [5.74, 6) is 2.36. The van der Waals surface area contributed by atoms with E-state index >= 15 is 0 Å². The number of nitrogens with zero attached hydrogens (tertiary/aromatic N) is 2. The zero-order valence-corrected chi connectivity index (χ0v) is 18.3. The van der Waals surface area contributed by atoms with E-state index < -0.39 is 5.91 Å². The molecule has 160 valence electrons. The van der Waals surface area contributed by atoms with Crippen LogP contribution < -0.4 is 15.2 Å². The number of amides is 1. The topological polar surface area (TPSA) is 87.3 Å². The van der Waals surface area contributed by atoms with Crippen LogP contribution in [-0.2, 0) is 11.2 Å². The number of aromatic nitrogens is 2. The number of benzene rings is 3. The number of fused-ring (bicyclic) bond motifs is 4. The lowest BCUT2D eigenvalue weighted by atomic mass is 9.97. The highest BCUT2D eigenvalue weighted by molar-refractivity contribution is 7.99. The van der Waals surface area contributed by atoms with E-state index in [4.69, 9.17) is 25.2 Å². The Balaban J connectivity index is 1.59. The van der Waals surface area contributed by atoms with Gasteiger partial charge in [0.05, 0.1) is 17.9 Å². The highest BCUT2D eigenvalue weighted by atomic mass is 32.2. The molecular weight excluding hydrogens is 422 g/mol. The highest BCUT2D eigenvalue weighted by Gasteiger charge is 2.26. The standard InChI is InChI=1S/C25H21N3O3S/c1-2-30-17-10-7-16(8-11-17)23-27-24-20(25(28-23)32-14-22(26)29)13-19-18-6-4-3-5-15(18)9-12-21(19)31-24/h3-12H,2,13-14H2,1H3,(H2,26,29). The number of carbonyl (C=O) groups excluding carboxylic acids is 1. The van der Waals surface area contributed by atoms with Crippen molar-refractivity contribution in [2.75, 3.05) is 12.4 Å². The maximum atomic E-state index is 11.5. The summed E-state index contributed by atoms with van der Waals surface area (Å²) in [6.45, 7) is 2.55. The molecule has 0 bridgehead atoms. The summed E-state index contributed by atoms with van der Waals surface area (Å²) < 4.78 is 11.8. The van der Waals surface area contributed by atoms with Gasteiger partial charge in [0.25, 0.3) is 0 Å². The molecule has 0 fully saturated rings. The smallest absolute Gasteiger partial charge is 0.227 e. The minimum atomic E-state index is -0.396. The number of hydrogen-bond donors (Lipinski definition) is 1. The Morgan fingerprint density at radius 1 is 1.06 bits per heavy atom. The van der Waals surface area contributed by atoms with Gasteiger partial charge in [-0.3, -0.25) is 4.79 Å². The first kappa shape index (κ1) is 20.3. The van der Waals surface area contributed by atoms with E-state index in [1.165, 1.54) is 11.8 Å². The van der Waals surface area contributed by atoms with Gasteiger partial charge < -0.3 is 15.2 Å². The van der Waals surface area contributed by atoms with Crippen molar-refractivity contribution >= 4 is 28.4 Å². The molecule has 1 aromatic heterocycles. The Bertz CT molecular complexity index is 1320. The van der Waals surface area contributed by atoms with Crippen LogP contribution in [0.5, 0.6) is 17.4 Å². The Morgan fingerprint density at radius 3 is 2.66 bits per heavy atom. The lowest BCUT2D eigenvalue weighted by molar-refractivity contribution is -0.115. The van der Waals surface area contributed by atoms with Gasteiger partial charge >= 0.3 is 0 Å². The minimum Gasteiger partial charge on any atom is -0.494 e. The first-order valence-electron chi connectivity index (χ1n) is 10.4. The van der Waals surface area contributed by atoms with Crippen molar-refractivity contribution in [3.05, 3.63) is 71.8 Å². The molecule has 2 heterocycles. The Hall–Kier alpha value is -3.58. The fourth-order valence-corrected chi connectivity index (χ4v) is 4.57. The molecule has 32 heavy (non-hydrogen) atoms. The van der Waals surface area contributed by atoms with Crippen LogP contribution in [0, 0.1) is 0 Å². The van der Waals surface area contributed by atoms with Crippen molar-refractivity contribution in [2.45, 2.75) is 18.4 Å². The van der Waals surface area contributed by atoms with E-state index in [0.717, 1.165) is 39.0 Å². The van der Waals surface area contributed by atoms with Crippen LogP contribution in [0.4, 0.5) is 0 Å². The van der Waals surface area contributed by atoms with E-state index in [1.54, 1.807) is 0 Å². The van der Waals surface area contributed by atoms with Crippen molar-refractivity contribution in [3.63, 3.8) is 0 Å². The SMILES string of the molecule is CCOc1ccc(-c2nc3c(c(SCC(N)=O)n2)Cc2c(ccc4ccccc24)O3)cc1. The Kier molecular flexibility index (Phi) is 5.41. The number of primary amides is 1. The third-order valence-electron chi connectivity index (χ3n) is 5.26. The van der Waals surface area contributed by atoms with Gasteiger partial charge in [-0.1, -0.05) is 42.1 Å². The molecule has 4 aromatic rings. The summed E-state index contributed by atoms with van der Waals surface area (Å²) in [5, 5.41) is 2.99. The van der Waals surface area contributed by atoms with E-state index in [0.29, 0.717) is 29.8 Å². The molecule has 3 aromatic carbocycles. The van der Waals surface area contributed by atoms with E-state index in [1.807, 2.05) is 49.4 Å². The lowest BCUT2D eigenvalue weighted by Crippen LogP contribution is -2.15. The quantitative estimate of drug-likeness (QED) is 0.295. The zero-order valence-electron chi connectivity index (χ0n) is 17.5. The van der Waals surface area contributed by atoms with Crippen molar-refractivity contribution < 1.29 is 14.3 Å². The van der Waals surface area contributed by atoms with Crippen LogP contribution in [-0.4, -0.2) is 28.2 Å². The van der Waals surface area contributed by atoms with Gasteiger partial charge in [-0.05, 0) is 48.0 Å². The number of nitrogens with two attached hydrogens (primary N) is 1. The van der Waals surface area contributed by atoms with E-state index in [-0.39, 0.29) is 5.75 Å². The number of rotatable bonds is 6. The van der Waals surface area contributed by atoms with Crippen molar-refractivity contribution in [2.24, 2.45) is 5.73 Å². The first-order chi connectivity index (χ1) is 15.6. The normalized spacial score (nSPS) is 12.0. The van der Waals surface area contributed by atoms with Crippen LogP contribution in [0.3, 0.4) is 0 Å². The molecule has 7 heteroatoms. The molecule has 0 spiro atoms. The molecule has 0 radical (unpaired) electrons. The molecule has 5 rings (SSSR count). The van der Waals surface area contributed by atoms with Gasteiger partial charge in [-0.15, -0.1) is 0 Å². The van der Waals surface area contributed by atoms with Crippen LogP contribution in [0.25, 0.3) is 22.2 Å². The van der Waals surface area contributed by atoms with Gasteiger partial charge in [0.15, 0.2) is 5.82 Å². The monoisotopic (exact) mass is 443 g/mol. The number of thioether (sulfide) groups is 1. The number of hydrogen-bond acceptors (Lipinski definition) is 6. The molecular formula is C25H21N3O3S. The molecule has 0 saturated carbocycles. The lowest BCUT2D eigenvalue weighted by Gasteiger charge is -2.23. The molecule has 2 N–H and O–H groups in total. The van der Waals surface area contributed by atoms with Crippen LogP contribution in [0.1, 0.15) is 18.1 Å². The maximum absolute atomic E-state index is 11.5. The highest BCUT2D eigenvalue weighted by Crippen LogP contribution is 2.43. The summed E-state index contributed by atoms with van der Waals surface area (Å²) in [5.41, 5.74) is 8.21. The molecule has 1 amide bonds. The molecule has 0 unspecified atom stereocenters. The average molecular weight is 444 g/mol. The van der Waals surface area contributed by atoms with Gasteiger partial charge in [0.2, 0.25) is 11.8 Å². The van der Waals surface area contributed by atoms with E-state index in [2.05, 4.69) is 18.2 Å². The fourth-order valence-electron chi connectivity index (χ4n) is 3.81. The van der Waals surface area contributed by atoms with Gasteiger partial charge in [-0.25, -0.2) is 4.98 Å². The predicted molar refractivity (Wildman–Crippen MR) is 125 cm³/mol. The first-order valence-corrected chi connectivity index (χ1v) is 11.3. The second-order valence-corrected chi connectivity index (χ2v) is 8.35. The number of carbonyl (C=O) groups is 1. The van der Waals surface area contributed by atoms with Crippen molar-refractivity contribution in [1.29, 1.82) is 0 Å². The summed E-state index contributed by atoms with van der Waals surface area (Å²) in [6, 6.07) is 19.9. The summed E-state index contributed by atoms with van der Waals surface area (Å²) in [4.78, 5) is 21.0. The van der Waals surface area contributed by atoms with Crippen LogP contribution >= 0.6 is 11.8 Å². The summed E-state index contributed by atoms with van der Waals surface area (Å²) in [6.07, 6.45) is 0.622. The van der Waals surface area contributed by atoms with Crippen LogP contribution in [0.15, 0.2) is 65.7 Å².